The summed E-state index contributed by atoms with van der Waals surface area (Å²) in [6.07, 6.45) is 4.53. The highest BCUT2D eigenvalue weighted by molar-refractivity contribution is 5.83. The highest BCUT2D eigenvalue weighted by Gasteiger charge is 2.39. The smallest absolute Gasteiger partial charge is 0.227 e. The third kappa shape index (κ3) is 2.86. The quantitative estimate of drug-likeness (QED) is 0.767. The normalized spacial score (nSPS) is 30.6. The van der Waals surface area contributed by atoms with E-state index >= 15 is 0 Å². The van der Waals surface area contributed by atoms with Crippen LogP contribution in [-0.2, 0) is 4.79 Å². The van der Waals surface area contributed by atoms with Crippen molar-refractivity contribution >= 4 is 5.91 Å². The molecule has 4 nitrogen and oxygen atoms in total. The van der Waals surface area contributed by atoms with Gasteiger partial charge in [0.2, 0.25) is 5.91 Å². The minimum absolute atomic E-state index is 0.148. The number of nitrogens with zero attached hydrogens (tertiary/aromatic N) is 1. The van der Waals surface area contributed by atoms with Crippen molar-refractivity contribution in [2.24, 2.45) is 5.41 Å². The first-order chi connectivity index (χ1) is 8.68. The van der Waals surface area contributed by atoms with Gasteiger partial charge in [0.1, 0.15) is 0 Å². The van der Waals surface area contributed by atoms with Gasteiger partial charge in [0.05, 0.1) is 5.41 Å². The predicted octanol–water partition coefficient (Wildman–Crippen LogP) is 0.977. The molecule has 18 heavy (non-hydrogen) atoms. The lowest BCUT2D eigenvalue weighted by Gasteiger charge is -2.28. The Kier molecular flexibility index (Phi) is 4.62. The molecule has 2 aliphatic heterocycles. The lowest BCUT2D eigenvalue weighted by atomic mass is 9.83. The van der Waals surface area contributed by atoms with E-state index in [2.05, 4.69) is 29.4 Å². The summed E-state index contributed by atoms with van der Waals surface area (Å²) in [6, 6.07) is 0.472. The fourth-order valence-electron chi connectivity index (χ4n) is 3.14. The van der Waals surface area contributed by atoms with Crippen LogP contribution in [0.5, 0.6) is 0 Å². The zero-order valence-corrected chi connectivity index (χ0v) is 11.8. The number of rotatable bonds is 5. The van der Waals surface area contributed by atoms with Crippen molar-refractivity contribution < 1.29 is 4.79 Å². The first-order valence-corrected chi connectivity index (χ1v) is 7.41. The molecule has 2 atom stereocenters. The molecule has 0 spiro atoms. The van der Waals surface area contributed by atoms with Crippen LogP contribution in [0.4, 0.5) is 0 Å². The van der Waals surface area contributed by atoms with E-state index in [-0.39, 0.29) is 11.3 Å². The molecule has 2 saturated heterocycles. The van der Waals surface area contributed by atoms with Crippen molar-refractivity contribution in [2.45, 2.75) is 45.6 Å². The number of hydrogen-bond donors (Lipinski definition) is 2. The van der Waals surface area contributed by atoms with Crippen LogP contribution in [0.25, 0.3) is 0 Å². The molecular weight excluding hydrogens is 226 g/mol. The Balaban J connectivity index is 1.80. The van der Waals surface area contributed by atoms with Crippen LogP contribution in [0.1, 0.15) is 39.5 Å². The first kappa shape index (κ1) is 13.8. The number of carbonyl (C=O) groups is 1. The van der Waals surface area contributed by atoms with Gasteiger partial charge in [-0.2, -0.15) is 0 Å². The van der Waals surface area contributed by atoms with Gasteiger partial charge in [0, 0.05) is 19.1 Å². The van der Waals surface area contributed by atoms with Gasteiger partial charge in [-0.15, -0.1) is 0 Å². The molecular formula is C14H27N3O. The molecule has 2 rings (SSSR count). The Bertz CT molecular complexity index is 281. The second-order valence-electron chi connectivity index (χ2n) is 5.86. The van der Waals surface area contributed by atoms with Crippen molar-refractivity contribution in [1.29, 1.82) is 0 Å². The van der Waals surface area contributed by atoms with Gasteiger partial charge in [-0.3, -0.25) is 9.69 Å². The average molecular weight is 253 g/mol. The van der Waals surface area contributed by atoms with E-state index in [1.807, 2.05) is 0 Å². The molecule has 0 aromatic carbocycles. The molecule has 0 aliphatic carbocycles. The third-order valence-electron chi connectivity index (χ3n) is 4.72. The zero-order valence-electron chi connectivity index (χ0n) is 11.8. The Morgan fingerprint density at radius 1 is 1.44 bits per heavy atom. The van der Waals surface area contributed by atoms with Crippen LogP contribution in [0, 0.1) is 5.41 Å². The molecule has 2 heterocycles. The SMILES string of the molecule is CCC1(C(=O)NCC(C)N2CCCC2)CCNC1. The summed E-state index contributed by atoms with van der Waals surface area (Å²) in [6.45, 7) is 9.33. The molecule has 2 fully saturated rings. The minimum atomic E-state index is -0.148. The van der Waals surface area contributed by atoms with E-state index in [1.165, 1.54) is 25.9 Å². The maximum Gasteiger partial charge on any atom is 0.227 e. The van der Waals surface area contributed by atoms with Gasteiger partial charge in [-0.25, -0.2) is 0 Å². The standard InChI is InChI=1S/C14H27N3O/c1-3-14(6-7-15-11-14)13(18)16-10-12(2)17-8-4-5-9-17/h12,15H,3-11H2,1-2H3,(H,16,18). The van der Waals surface area contributed by atoms with Crippen molar-refractivity contribution in [2.75, 3.05) is 32.7 Å². The molecule has 0 bridgehead atoms. The number of hydrogen-bond acceptors (Lipinski definition) is 3. The average Bonchev–Trinajstić information content (AvgIpc) is 3.06. The molecule has 2 aliphatic rings. The van der Waals surface area contributed by atoms with Crippen molar-refractivity contribution in [3.8, 4) is 0 Å². The predicted molar refractivity (Wildman–Crippen MR) is 73.5 cm³/mol. The largest absolute Gasteiger partial charge is 0.354 e. The summed E-state index contributed by atoms with van der Waals surface area (Å²) in [5, 5.41) is 6.49. The Hall–Kier alpha value is -0.610. The second kappa shape index (κ2) is 6.02. The van der Waals surface area contributed by atoms with E-state index in [9.17, 15) is 4.79 Å². The van der Waals surface area contributed by atoms with Gasteiger partial charge in [0.15, 0.2) is 0 Å². The number of amides is 1. The molecule has 1 amide bonds. The van der Waals surface area contributed by atoms with Gasteiger partial charge >= 0.3 is 0 Å². The second-order valence-corrected chi connectivity index (χ2v) is 5.86. The van der Waals surface area contributed by atoms with Gasteiger partial charge < -0.3 is 10.6 Å². The maximum absolute atomic E-state index is 12.3. The Labute approximate surface area is 110 Å². The third-order valence-corrected chi connectivity index (χ3v) is 4.72. The van der Waals surface area contributed by atoms with E-state index in [0.717, 1.165) is 32.5 Å². The summed E-state index contributed by atoms with van der Waals surface area (Å²) in [7, 11) is 0. The van der Waals surface area contributed by atoms with E-state index < -0.39 is 0 Å². The van der Waals surface area contributed by atoms with Gasteiger partial charge in [-0.05, 0) is 52.2 Å². The lowest BCUT2D eigenvalue weighted by Crippen LogP contribution is -2.47. The number of nitrogens with one attached hydrogen (secondary N) is 2. The summed E-state index contributed by atoms with van der Waals surface area (Å²) < 4.78 is 0. The van der Waals surface area contributed by atoms with Crippen LogP contribution in [0.15, 0.2) is 0 Å². The van der Waals surface area contributed by atoms with E-state index in [1.54, 1.807) is 0 Å². The Morgan fingerprint density at radius 2 is 2.17 bits per heavy atom. The van der Waals surface area contributed by atoms with Crippen LogP contribution < -0.4 is 10.6 Å². The van der Waals surface area contributed by atoms with Crippen molar-refractivity contribution in [1.82, 2.24) is 15.5 Å². The molecule has 2 unspecified atom stereocenters. The minimum Gasteiger partial charge on any atom is -0.354 e. The molecule has 2 N–H and O–H groups in total. The summed E-state index contributed by atoms with van der Waals surface area (Å²) in [4.78, 5) is 14.8. The maximum atomic E-state index is 12.3. The van der Waals surface area contributed by atoms with Crippen LogP contribution >= 0.6 is 0 Å². The Morgan fingerprint density at radius 3 is 2.72 bits per heavy atom. The molecule has 104 valence electrons. The fourth-order valence-corrected chi connectivity index (χ4v) is 3.14. The van der Waals surface area contributed by atoms with Crippen molar-refractivity contribution in [3.63, 3.8) is 0 Å². The van der Waals surface area contributed by atoms with E-state index in [0.29, 0.717) is 6.04 Å². The lowest BCUT2D eigenvalue weighted by molar-refractivity contribution is -0.130. The van der Waals surface area contributed by atoms with Gasteiger partial charge in [0.25, 0.3) is 0 Å². The van der Waals surface area contributed by atoms with Crippen LogP contribution in [0.2, 0.25) is 0 Å². The molecule has 4 heteroatoms. The molecule has 0 radical (unpaired) electrons. The molecule has 0 aromatic heterocycles. The number of carbonyl (C=O) groups excluding carboxylic acids is 1. The topological polar surface area (TPSA) is 44.4 Å². The van der Waals surface area contributed by atoms with Crippen LogP contribution in [-0.4, -0.2) is 49.6 Å². The molecule has 0 aromatic rings. The first-order valence-electron chi connectivity index (χ1n) is 7.41. The number of likely N-dealkylation sites (tertiary alicyclic amines) is 1. The molecule has 0 saturated carbocycles. The highest BCUT2D eigenvalue weighted by Crippen LogP contribution is 2.29. The monoisotopic (exact) mass is 253 g/mol. The van der Waals surface area contributed by atoms with Gasteiger partial charge in [-0.1, -0.05) is 6.92 Å². The van der Waals surface area contributed by atoms with E-state index in [4.69, 9.17) is 0 Å². The summed E-state index contributed by atoms with van der Waals surface area (Å²) in [5.41, 5.74) is -0.148. The zero-order chi connectivity index (χ0) is 13.0. The fraction of sp³-hybridized carbons (Fsp3) is 0.929. The van der Waals surface area contributed by atoms with Crippen LogP contribution in [0.3, 0.4) is 0 Å². The summed E-state index contributed by atoms with van der Waals surface area (Å²) in [5.74, 6) is 0.251. The summed E-state index contributed by atoms with van der Waals surface area (Å²) >= 11 is 0. The van der Waals surface area contributed by atoms with Crippen molar-refractivity contribution in [3.05, 3.63) is 0 Å². The highest BCUT2D eigenvalue weighted by atomic mass is 16.2.